The highest BCUT2D eigenvalue weighted by molar-refractivity contribution is 5.66. The van der Waals surface area contributed by atoms with Gasteiger partial charge in [-0.25, -0.2) is 0 Å². The minimum Gasteiger partial charge on any atom is -0.487 e. The molecule has 2 heteroatoms. The van der Waals surface area contributed by atoms with E-state index in [9.17, 15) is 0 Å². The van der Waals surface area contributed by atoms with Crippen molar-refractivity contribution in [1.82, 2.24) is 0 Å². The van der Waals surface area contributed by atoms with Crippen molar-refractivity contribution in [3.63, 3.8) is 0 Å². The molecular formula is C15H14O2. The van der Waals surface area contributed by atoms with Crippen molar-refractivity contribution in [2.24, 2.45) is 0 Å². The Labute approximate surface area is 100 Å². The third kappa shape index (κ3) is 1.92. The van der Waals surface area contributed by atoms with Crippen LogP contribution in [0.15, 0.2) is 48.5 Å². The molecule has 2 aromatic rings. The van der Waals surface area contributed by atoms with Crippen LogP contribution in [-0.4, -0.2) is 17.8 Å². The molecule has 17 heavy (non-hydrogen) atoms. The second-order valence-electron chi connectivity index (χ2n) is 4.32. The summed E-state index contributed by atoms with van der Waals surface area (Å²) in [5.41, 5.74) is 3.60. The average molecular weight is 226 g/mol. The molecule has 86 valence electrons. The highest BCUT2D eigenvalue weighted by atomic mass is 16.5. The van der Waals surface area contributed by atoms with Crippen LogP contribution >= 0.6 is 0 Å². The first-order valence-electron chi connectivity index (χ1n) is 5.82. The predicted octanol–water partition coefficient (Wildman–Crippen LogP) is 2.65. The van der Waals surface area contributed by atoms with Crippen LogP contribution in [0.3, 0.4) is 0 Å². The highest BCUT2D eigenvalue weighted by Crippen LogP contribution is 2.32. The lowest BCUT2D eigenvalue weighted by Crippen LogP contribution is -2.17. The highest BCUT2D eigenvalue weighted by Gasteiger charge is 2.22. The predicted molar refractivity (Wildman–Crippen MR) is 67.1 cm³/mol. The second-order valence-corrected chi connectivity index (χ2v) is 4.32. The van der Waals surface area contributed by atoms with Crippen molar-refractivity contribution in [1.29, 1.82) is 0 Å². The molecule has 0 saturated heterocycles. The molecular weight excluding hydrogens is 212 g/mol. The van der Waals surface area contributed by atoms with Crippen LogP contribution in [0.2, 0.25) is 0 Å². The molecule has 1 heterocycles. The van der Waals surface area contributed by atoms with Gasteiger partial charge >= 0.3 is 0 Å². The topological polar surface area (TPSA) is 29.5 Å². The van der Waals surface area contributed by atoms with Gasteiger partial charge in [0.25, 0.3) is 0 Å². The number of aliphatic hydroxyl groups is 1. The van der Waals surface area contributed by atoms with Gasteiger partial charge in [0.2, 0.25) is 0 Å². The zero-order valence-corrected chi connectivity index (χ0v) is 9.47. The van der Waals surface area contributed by atoms with Crippen molar-refractivity contribution in [3.8, 4) is 16.9 Å². The Morgan fingerprint density at radius 3 is 2.65 bits per heavy atom. The Hall–Kier alpha value is -1.80. The fourth-order valence-electron chi connectivity index (χ4n) is 2.23. The van der Waals surface area contributed by atoms with Gasteiger partial charge in [-0.2, -0.15) is 0 Å². The van der Waals surface area contributed by atoms with E-state index in [0.717, 1.165) is 12.2 Å². The lowest BCUT2D eigenvalue weighted by Gasteiger charge is -2.05. The Bertz CT molecular complexity index is 520. The van der Waals surface area contributed by atoms with Gasteiger partial charge in [-0.1, -0.05) is 36.4 Å². The van der Waals surface area contributed by atoms with Crippen LogP contribution in [0.5, 0.6) is 5.75 Å². The van der Waals surface area contributed by atoms with Crippen molar-refractivity contribution in [3.05, 3.63) is 54.1 Å². The molecule has 3 rings (SSSR count). The van der Waals surface area contributed by atoms with E-state index in [1.54, 1.807) is 0 Å². The number of hydrogen-bond acceptors (Lipinski definition) is 2. The van der Waals surface area contributed by atoms with E-state index in [1.807, 2.05) is 24.3 Å². The molecule has 1 N–H and O–H groups in total. The SMILES string of the molecule is OCC1Cc2cc(-c3ccccc3)ccc2O1. The number of hydrogen-bond donors (Lipinski definition) is 1. The zero-order valence-electron chi connectivity index (χ0n) is 9.47. The number of benzene rings is 2. The first-order chi connectivity index (χ1) is 8.36. The summed E-state index contributed by atoms with van der Waals surface area (Å²) in [5.74, 6) is 0.906. The Morgan fingerprint density at radius 1 is 1.06 bits per heavy atom. The summed E-state index contributed by atoms with van der Waals surface area (Å²) in [6.07, 6.45) is 0.725. The molecule has 2 nitrogen and oxygen atoms in total. The van der Waals surface area contributed by atoms with Gasteiger partial charge in [0.1, 0.15) is 11.9 Å². The average Bonchev–Trinajstić information content (AvgIpc) is 2.81. The Balaban J connectivity index is 1.96. The third-order valence-electron chi connectivity index (χ3n) is 3.11. The summed E-state index contributed by atoms with van der Waals surface area (Å²) < 4.78 is 5.60. The van der Waals surface area contributed by atoms with Crippen molar-refractivity contribution in [2.75, 3.05) is 6.61 Å². The first kappa shape index (κ1) is 10.4. The van der Waals surface area contributed by atoms with Gasteiger partial charge in [0.05, 0.1) is 6.61 Å². The van der Waals surface area contributed by atoms with Crippen molar-refractivity contribution >= 4 is 0 Å². The Morgan fingerprint density at radius 2 is 1.88 bits per heavy atom. The van der Waals surface area contributed by atoms with Crippen molar-refractivity contribution < 1.29 is 9.84 Å². The molecule has 1 unspecified atom stereocenters. The van der Waals surface area contributed by atoms with Gasteiger partial charge in [-0.3, -0.25) is 0 Å². The molecule has 0 bridgehead atoms. The van der Waals surface area contributed by atoms with Gasteiger partial charge < -0.3 is 9.84 Å². The molecule has 0 spiro atoms. The molecule has 0 fully saturated rings. The Kier molecular flexibility index (Phi) is 2.57. The molecule has 0 aliphatic carbocycles. The second kappa shape index (κ2) is 4.22. The van der Waals surface area contributed by atoms with Crippen LogP contribution in [0.1, 0.15) is 5.56 Å². The lowest BCUT2D eigenvalue weighted by atomic mass is 10.0. The normalized spacial score (nSPS) is 17.6. The lowest BCUT2D eigenvalue weighted by molar-refractivity contribution is 0.134. The zero-order chi connectivity index (χ0) is 11.7. The van der Waals surface area contributed by atoms with Crippen LogP contribution < -0.4 is 4.74 Å². The van der Waals surface area contributed by atoms with E-state index in [-0.39, 0.29) is 12.7 Å². The number of rotatable bonds is 2. The molecule has 1 atom stereocenters. The molecule has 1 aliphatic heterocycles. The number of fused-ring (bicyclic) bond motifs is 1. The molecule has 1 aliphatic rings. The maximum Gasteiger partial charge on any atom is 0.126 e. The van der Waals surface area contributed by atoms with Gasteiger partial charge in [-0.15, -0.1) is 0 Å². The van der Waals surface area contributed by atoms with Gasteiger partial charge in [0, 0.05) is 6.42 Å². The molecule has 0 aromatic heterocycles. The minimum absolute atomic E-state index is 0.0731. The summed E-state index contributed by atoms with van der Waals surface area (Å²) in [6.45, 7) is 0.0787. The van der Waals surface area contributed by atoms with E-state index >= 15 is 0 Å². The minimum atomic E-state index is -0.0731. The van der Waals surface area contributed by atoms with Gasteiger partial charge in [-0.05, 0) is 28.8 Å². The van der Waals surface area contributed by atoms with Crippen LogP contribution in [0, 0.1) is 0 Å². The molecule has 0 radical (unpaired) electrons. The van der Waals surface area contributed by atoms with E-state index in [1.165, 1.54) is 16.7 Å². The summed E-state index contributed by atoms with van der Waals surface area (Å²) in [6, 6.07) is 16.5. The van der Waals surface area contributed by atoms with E-state index in [0.29, 0.717) is 0 Å². The standard InChI is InChI=1S/C15H14O2/c16-10-14-9-13-8-12(6-7-15(13)17-14)11-4-2-1-3-5-11/h1-8,14,16H,9-10H2. The summed E-state index contributed by atoms with van der Waals surface area (Å²) in [7, 11) is 0. The quantitative estimate of drug-likeness (QED) is 0.853. The maximum absolute atomic E-state index is 9.10. The van der Waals surface area contributed by atoms with Crippen LogP contribution in [0.4, 0.5) is 0 Å². The largest absolute Gasteiger partial charge is 0.487 e. The summed E-state index contributed by atoms with van der Waals surface area (Å²) in [5, 5.41) is 9.10. The van der Waals surface area contributed by atoms with E-state index in [2.05, 4.69) is 24.3 Å². The fourth-order valence-corrected chi connectivity index (χ4v) is 2.23. The summed E-state index contributed by atoms with van der Waals surface area (Å²) >= 11 is 0. The monoisotopic (exact) mass is 226 g/mol. The van der Waals surface area contributed by atoms with E-state index in [4.69, 9.17) is 9.84 Å². The smallest absolute Gasteiger partial charge is 0.126 e. The van der Waals surface area contributed by atoms with Crippen LogP contribution in [-0.2, 0) is 6.42 Å². The fraction of sp³-hybridized carbons (Fsp3) is 0.200. The molecule has 0 amide bonds. The maximum atomic E-state index is 9.10. The summed E-state index contributed by atoms with van der Waals surface area (Å²) in [4.78, 5) is 0. The van der Waals surface area contributed by atoms with E-state index < -0.39 is 0 Å². The third-order valence-corrected chi connectivity index (χ3v) is 3.11. The first-order valence-corrected chi connectivity index (χ1v) is 5.82. The number of aliphatic hydroxyl groups excluding tert-OH is 1. The molecule has 2 aromatic carbocycles. The van der Waals surface area contributed by atoms with Gasteiger partial charge in [0.15, 0.2) is 0 Å². The van der Waals surface area contributed by atoms with Crippen LogP contribution in [0.25, 0.3) is 11.1 Å². The number of ether oxygens (including phenoxy) is 1. The van der Waals surface area contributed by atoms with Crippen molar-refractivity contribution in [2.45, 2.75) is 12.5 Å². The molecule has 0 saturated carbocycles.